The van der Waals surface area contributed by atoms with Crippen LogP contribution < -0.4 is 4.57 Å². The molecule has 0 saturated heterocycles. The second-order valence-corrected chi connectivity index (χ2v) is 9.69. The van der Waals surface area contributed by atoms with Gasteiger partial charge in [-0.2, -0.15) is 0 Å². The van der Waals surface area contributed by atoms with Gasteiger partial charge < -0.3 is 0 Å². The molecule has 0 aliphatic heterocycles. The first kappa shape index (κ1) is 30.4. The summed E-state index contributed by atoms with van der Waals surface area (Å²) in [4.78, 5) is 0. The van der Waals surface area contributed by atoms with E-state index in [1.807, 2.05) is 0 Å². The van der Waals surface area contributed by atoms with Crippen molar-refractivity contribution in [2.45, 2.75) is 156 Å². The smallest absolute Gasteiger partial charge is 0.181 e. The van der Waals surface area contributed by atoms with Crippen molar-refractivity contribution in [2.75, 3.05) is 0 Å². The van der Waals surface area contributed by atoms with Crippen molar-refractivity contribution in [1.29, 1.82) is 0 Å². The number of nitrogens with zero attached hydrogens (tertiary/aromatic N) is 1. The zero-order valence-electron chi connectivity index (χ0n) is 21.4. The lowest BCUT2D eigenvalue weighted by molar-refractivity contribution is -0.703. The van der Waals surface area contributed by atoms with Crippen LogP contribution in [-0.4, -0.2) is 0 Å². The Morgan fingerprint density at radius 1 is 0.548 bits per heavy atom. The zero-order valence-corrected chi connectivity index (χ0v) is 22.3. The lowest BCUT2D eigenvalue weighted by Crippen LogP contribution is -2.37. The van der Waals surface area contributed by atoms with E-state index in [4.69, 9.17) is 0 Å². The van der Waals surface area contributed by atoms with E-state index in [0.29, 0.717) is 0 Å². The van der Waals surface area contributed by atoms with E-state index in [2.05, 4.69) is 43.7 Å². The van der Waals surface area contributed by atoms with Gasteiger partial charge in [0.2, 0.25) is 0 Å². The molecule has 0 radical (unpaired) electrons. The summed E-state index contributed by atoms with van der Waals surface area (Å²) < 4.78 is 2.42. The van der Waals surface area contributed by atoms with Crippen molar-refractivity contribution < 1.29 is 4.57 Å². The number of unbranched alkanes of at least 4 members (excludes halogenated alkanes) is 19. The fraction of sp³-hybridized carbons (Fsp3) is 0.828. The number of hydrogen-bond acceptors (Lipinski definition) is 0. The van der Waals surface area contributed by atoms with Gasteiger partial charge in [0.05, 0.1) is 0 Å². The van der Waals surface area contributed by atoms with Crippen LogP contribution in [0, 0.1) is 13.8 Å². The summed E-state index contributed by atoms with van der Waals surface area (Å²) in [6, 6.07) is 4.39. The number of rotatable bonds is 21. The number of halogens is 1. The third-order valence-electron chi connectivity index (χ3n) is 6.87. The Kier molecular flexibility index (Phi) is 22.2. The van der Waals surface area contributed by atoms with Crippen LogP contribution in [-0.2, 0) is 6.54 Å². The van der Waals surface area contributed by atoms with Crippen molar-refractivity contribution in [1.82, 2.24) is 0 Å². The van der Waals surface area contributed by atoms with Gasteiger partial charge in [0, 0.05) is 25.0 Å². The second-order valence-electron chi connectivity index (χ2n) is 9.69. The molecule has 0 saturated carbocycles. The molecule has 0 spiro atoms. The van der Waals surface area contributed by atoms with E-state index in [1.54, 1.807) is 0 Å². The molecule has 0 fully saturated rings. The molecule has 0 atom stereocenters. The molecule has 0 N–H and O–H groups in total. The third kappa shape index (κ3) is 17.6. The standard InChI is InChI=1S/C29H54N.ClH/c1-4-5-6-7-8-9-10-11-12-13-14-15-16-17-18-19-20-21-22-23-26-30-27-24-25-28(2)29(30)3;/h24-25,27H,4-23,26H2,1-3H3;1H/q+1;. The minimum absolute atomic E-state index is 0. The molecule has 1 heterocycles. The molecule has 0 amide bonds. The molecule has 2 heteroatoms. The predicted molar refractivity (Wildman–Crippen MR) is 141 cm³/mol. The highest BCUT2D eigenvalue weighted by atomic mass is 35.5. The summed E-state index contributed by atoms with van der Waals surface area (Å²) in [6.45, 7) is 7.94. The van der Waals surface area contributed by atoms with Crippen LogP contribution in [0.2, 0.25) is 0 Å². The van der Waals surface area contributed by atoms with Gasteiger partial charge in [-0.25, -0.2) is 4.57 Å². The van der Waals surface area contributed by atoms with Gasteiger partial charge in [0.1, 0.15) is 6.54 Å². The second kappa shape index (κ2) is 22.6. The first-order valence-corrected chi connectivity index (χ1v) is 13.7. The molecule has 0 aromatic carbocycles. The lowest BCUT2D eigenvalue weighted by atomic mass is 10.0. The van der Waals surface area contributed by atoms with Gasteiger partial charge in [-0.3, -0.25) is 0 Å². The Morgan fingerprint density at radius 3 is 1.29 bits per heavy atom. The topological polar surface area (TPSA) is 3.88 Å². The van der Waals surface area contributed by atoms with Crippen molar-refractivity contribution >= 4 is 12.4 Å². The number of aryl methyl sites for hydroxylation is 2. The summed E-state index contributed by atoms with van der Waals surface area (Å²) in [6.07, 6.45) is 31.2. The highest BCUT2D eigenvalue weighted by Gasteiger charge is 2.07. The van der Waals surface area contributed by atoms with E-state index in [1.165, 1.54) is 146 Å². The summed E-state index contributed by atoms with van der Waals surface area (Å²) >= 11 is 0. The summed E-state index contributed by atoms with van der Waals surface area (Å²) in [5.41, 5.74) is 2.83. The minimum Gasteiger partial charge on any atom is -0.202 e. The quantitative estimate of drug-likeness (QED) is 0.129. The van der Waals surface area contributed by atoms with Crippen LogP contribution in [0.3, 0.4) is 0 Å². The highest BCUT2D eigenvalue weighted by molar-refractivity contribution is 5.85. The van der Waals surface area contributed by atoms with E-state index in [-0.39, 0.29) is 12.4 Å². The van der Waals surface area contributed by atoms with Gasteiger partial charge in [-0.15, -0.1) is 12.4 Å². The van der Waals surface area contributed by atoms with Crippen LogP contribution in [0.4, 0.5) is 0 Å². The first-order chi connectivity index (χ1) is 14.8. The Morgan fingerprint density at radius 2 is 0.903 bits per heavy atom. The molecule has 182 valence electrons. The van der Waals surface area contributed by atoms with Crippen LogP contribution >= 0.6 is 12.4 Å². The zero-order chi connectivity index (χ0) is 21.7. The van der Waals surface area contributed by atoms with Crippen molar-refractivity contribution in [3.05, 3.63) is 29.6 Å². The predicted octanol–water partition coefficient (Wildman–Crippen LogP) is 9.83. The molecule has 0 aliphatic rings. The first-order valence-electron chi connectivity index (χ1n) is 13.7. The summed E-state index contributed by atoms with van der Waals surface area (Å²) in [7, 11) is 0. The fourth-order valence-corrected chi connectivity index (χ4v) is 4.53. The average molecular weight is 453 g/mol. The van der Waals surface area contributed by atoms with E-state index >= 15 is 0 Å². The van der Waals surface area contributed by atoms with Gasteiger partial charge >= 0.3 is 0 Å². The molecule has 1 rings (SSSR count). The Labute approximate surface area is 202 Å². The Hall–Kier alpha value is -0.560. The summed E-state index contributed by atoms with van der Waals surface area (Å²) in [5, 5.41) is 0. The molecule has 1 aromatic rings. The molecule has 31 heavy (non-hydrogen) atoms. The van der Waals surface area contributed by atoms with Crippen LogP contribution in [0.1, 0.15) is 147 Å². The molecule has 0 aliphatic carbocycles. The summed E-state index contributed by atoms with van der Waals surface area (Å²) in [5.74, 6) is 0. The number of aromatic nitrogens is 1. The lowest BCUT2D eigenvalue weighted by Gasteiger charge is -2.04. The highest BCUT2D eigenvalue weighted by Crippen LogP contribution is 2.14. The molecule has 1 nitrogen and oxygen atoms in total. The SMILES string of the molecule is CCCCCCCCCCCCCCCCCCCCCC[n+]1cccc(C)c1C.Cl. The monoisotopic (exact) mass is 452 g/mol. The number of pyridine rings is 1. The van der Waals surface area contributed by atoms with Crippen molar-refractivity contribution in [3.63, 3.8) is 0 Å². The number of hydrogen-bond donors (Lipinski definition) is 0. The van der Waals surface area contributed by atoms with Gasteiger partial charge in [-0.1, -0.05) is 122 Å². The third-order valence-corrected chi connectivity index (χ3v) is 6.87. The van der Waals surface area contributed by atoms with Gasteiger partial charge in [-0.05, 0) is 19.4 Å². The van der Waals surface area contributed by atoms with E-state index < -0.39 is 0 Å². The molecular weight excluding hydrogens is 398 g/mol. The maximum atomic E-state index is 2.42. The molecule has 0 unspecified atom stereocenters. The Bertz CT molecular complexity index is 500. The van der Waals surface area contributed by atoms with Gasteiger partial charge in [0.15, 0.2) is 11.9 Å². The van der Waals surface area contributed by atoms with Gasteiger partial charge in [0.25, 0.3) is 0 Å². The molecule has 1 aromatic heterocycles. The van der Waals surface area contributed by atoms with Crippen LogP contribution in [0.15, 0.2) is 18.3 Å². The van der Waals surface area contributed by atoms with Crippen LogP contribution in [0.25, 0.3) is 0 Å². The maximum Gasteiger partial charge on any atom is 0.181 e. The largest absolute Gasteiger partial charge is 0.202 e. The van der Waals surface area contributed by atoms with E-state index in [0.717, 1.165) is 0 Å². The normalized spacial score (nSPS) is 10.9. The fourth-order valence-electron chi connectivity index (χ4n) is 4.53. The molecule has 0 bridgehead atoms. The van der Waals surface area contributed by atoms with Crippen LogP contribution in [0.5, 0.6) is 0 Å². The maximum absolute atomic E-state index is 2.42. The van der Waals surface area contributed by atoms with E-state index in [9.17, 15) is 0 Å². The minimum atomic E-state index is 0. The van der Waals surface area contributed by atoms with Crippen molar-refractivity contribution in [2.24, 2.45) is 0 Å². The average Bonchev–Trinajstić information content (AvgIpc) is 2.75. The molecular formula is C29H55ClN+. The van der Waals surface area contributed by atoms with Crippen molar-refractivity contribution in [3.8, 4) is 0 Å². The Balaban J connectivity index is 0.00000900.